The van der Waals surface area contributed by atoms with Gasteiger partial charge in [-0.15, -0.1) is 0 Å². The highest BCUT2D eigenvalue weighted by molar-refractivity contribution is 5.73. The number of hydrogen-bond donors (Lipinski definition) is 0. The fraction of sp³-hybridized carbons (Fsp3) is 0.435. The lowest BCUT2D eigenvalue weighted by molar-refractivity contribution is 0.209. The summed E-state index contributed by atoms with van der Waals surface area (Å²) in [5.74, 6) is 0.441. The molecule has 4 nitrogen and oxygen atoms in total. The Morgan fingerprint density at radius 3 is 2.59 bits per heavy atom. The van der Waals surface area contributed by atoms with Gasteiger partial charge < -0.3 is 9.32 Å². The standard InChI is InChI=1S/C23H28N2O2/c1-24-21-11-10-18(17-22(21)27-23(24)26)7-5-6-14-25-15-12-20(13-16-25)19-8-3-2-4-9-19/h2-4,8-11,17,20H,5-7,12-16H2,1H3. The van der Waals surface area contributed by atoms with Crippen LogP contribution in [0.15, 0.2) is 57.7 Å². The first-order valence-electron chi connectivity index (χ1n) is 10.1. The molecule has 1 fully saturated rings. The summed E-state index contributed by atoms with van der Waals surface area (Å²) in [5.41, 5.74) is 4.31. The zero-order chi connectivity index (χ0) is 18.6. The molecule has 1 aromatic heterocycles. The molecule has 142 valence electrons. The van der Waals surface area contributed by atoms with E-state index in [2.05, 4.69) is 41.3 Å². The van der Waals surface area contributed by atoms with Crippen LogP contribution < -0.4 is 5.76 Å². The molecular formula is C23H28N2O2. The lowest BCUT2D eigenvalue weighted by Crippen LogP contribution is -2.33. The van der Waals surface area contributed by atoms with E-state index in [0.717, 1.165) is 17.9 Å². The molecule has 0 unspecified atom stereocenters. The summed E-state index contributed by atoms with van der Waals surface area (Å²) in [7, 11) is 1.74. The normalized spacial score (nSPS) is 16.2. The van der Waals surface area contributed by atoms with Crippen LogP contribution in [0.4, 0.5) is 0 Å². The maximum Gasteiger partial charge on any atom is 0.419 e. The number of likely N-dealkylation sites (tertiary alicyclic amines) is 1. The van der Waals surface area contributed by atoms with Crippen LogP contribution in [0.1, 0.15) is 42.7 Å². The molecule has 0 saturated carbocycles. The summed E-state index contributed by atoms with van der Waals surface area (Å²) in [6.07, 6.45) is 5.96. The van der Waals surface area contributed by atoms with Gasteiger partial charge >= 0.3 is 5.76 Å². The van der Waals surface area contributed by atoms with Crippen molar-refractivity contribution in [1.82, 2.24) is 9.47 Å². The predicted molar refractivity (Wildman–Crippen MR) is 109 cm³/mol. The second-order valence-corrected chi connectivity index (χ2v) is 7.71. The van der Waals surface area contributed by atoms with Gasteiger partial charge in [-0.2, -0.15) is 0 Å². The fourth-order valence-electron chi connectivity index (χ4n) is 4.21. The first-order chi connectivity index (χ1) is 13.2. The van der Waals surface area contributed by atoms with Crippen LogP contribution in [0.2, 0.25) is 0 Å². The number of aryl methyl sites for hydroxylation is 2. The van der Waals surface area contributed by atoms with E-state index in [1.165, 1.54) is 56.4 Å². The van der Waals surface area contributed by atoms with Crippen molar-refractivity contribution in [3.05, 3.63) is 70.2 Å². The molecule has 0 bridgehead atoms. The molecule has 0 amide bonds. The van der Waals surface area contributed by atoms with Gasteiger partial charge in [-0.3, -0.25) is 4.57 Å². The fourth-order valence-corrected chi connectivity index (χ4v) is 4.21. The van der Waals surface area contributed by atoms with Crippen LogP contribution in [0.5, 0.6) is 0 Å². The summed E-state index contributed by atoms with van der Waals surface area (Å²) in [5, 5.41) is 0. The molecule has 27 heavy (non-hydrogen) atoms. The molecule has 0 N–H and O–H groups in total. The molecule has 4 rings (SSSR count). The predicted octanol–water partition coefficient (Wildman–Crippen LogP) is 4.33. The Morgan fingerprint density at radius 1 is 1.04 bits per heavy atom. The van der Waals surface area contributed by atoms with E-state index >= 15 is 0 Å². The monoisotopic (exact) mass is 364 g/mol. The van der Waals surface area contributed by atoms with Gasteiger partial charge in [-0.05, 0) is 80.9 Å². The van der Waals surface area contributed by atoms with Crippen LogP contribution in [0, 0.1) is 0 Å². The average Bonchev–Trinajstić information content (AvgIpc) is 3.00. The molecule has 3 aromatic rings. The zero-order valence-electron chi connectivity index (χ0n) is 16.1. The molecule has 0 radical (unpaired) electrons. The lowest BCUT2D eigenvalue weighted by atomic mass is 9.89. The van der Waals surface area contributed by atoms with Crippen molar-refractivity contribution in [2.75, 3.05) is 19.6 Å². The molecule has 4 heteroatoms. The maximum absolute atomic E-state index is 11.6. The molecule has 0 spiro atoms. The van der Waals surface area contributed by atoms with Gasteiger partial charge in [0.2, 0.25) is 0 Å². The van der Waals surface area contributed by atoms with E-state index < -0.39 is 0 Å². The van der Waals surface area contributed by atoms with Crippen molar-refractivity contribution in [2.24, 2.45) is 7.05 Å². The third-order valence-electron chi connectivity index (χ3n) is 5.91. The third-order valence-corrected chi connectivity index (χ3v) is 5.91. The summed E-state index contributed by atoms with van der Waals surface area (Å²) in [6, 6.07) is 17.1. The number of rotatable bonds is 6. The van der Waals surface area contributed by atoms with Crippen molar-refractivity contribution in [3.63, 3.8) is 0 Å². The van der Waals surface area contributed by atoms with E-state index in [1.54, 1.807) is 11.6 Å². The molecule has 2 heterocycles. The van der Waals surface area contributed by atoms with Crippen LogP contribution in [0.25, 0.3) is 11.1 Å². The van der Waals surface area contributed by atoms with E-state index in [1.807, 2.05) is 12.1 Å². The Kier molecular flexibility index (Phi) is 5.44. The number of unbranched alkanes of at least 4 members (excludes halogenated alkanes) is 1. The average molecular weight is 364 g/mol. The summed E-state index contributed by atoms with van der Waals surface area (Å²) in [6.45, 7) is 3.60. The molecule has 0 aliphatic carbocycles. The van der Waals surface area contributed by atoms with Gasteiger partial charge in [0.1, 0.15) is 0 Å². The van der Waals surface area contributed by atoms with E-state index in [4.69, 9.17) is 4.42 Å². The van der Waals surface area contributed by atoms with Crippen molar-refractivity contribution in [3.8, 4) is 0 Å². The zero-order valence-corrected chi connectivity index (χ0v) is 16.1. The number of oxazole rings is 1. The SMILES string of the molecule is Cn1c(=O)oc2cc(CCCCN3CCC(c4ccccc4)CC3)ccc21. The lowest BCUT2D eigenvalue weighted by Gasteiger charge is -2.32. The van der Waals surface area contributed by atoms with Gasteiger partial charge in [0.05, 0.1) is 5.52 Å². The maximum atomic E-state index is 11.6. The summed E-state index contributed by atoms with van der Waals surface area (Å²) >= 11 is 0. The van der Waals surface area contributed by atoms with Crippen molar-refractivity contribution < 1.29 is 4.42 Å². The van der Waals surface area contributed by atoms with Crippen molar-refractivity contribution in [1.29, 1.82) is 0 Å². The second kappa shape index (κ2) is 8.13. The quantitative estimate of drug-likeness (QED) is 0.611. The number of fused-ring (bicyclic) bond motifs is 1. The summed E-state index contributed by atoms with van der Waals surface area (Å²) in [4.78, 5) is 14.2. The minimum atomic E-state index is -0.291. The minimum absolute atomic E-state index is 0.291. The molecule has 1 aliphatic heterocycles. The Hall–Kier alpha value is -2.33. The molecule has 0 atom stereocenters. The van der Waals surface area contributed by atoms with Gasteiger partial charge in [-0.1, -0.05) is 36.4 Å². The first kappa shape index (κ1) is 18.1. The molecular weight excluding hydrogens is 336 g/mol. The Bertz CT molecular complexity index is 934. The van der Waals surface area contributed by atoms with Gasteiger partial charge in [0.25, 0.3) is 0 Å². The number of benzene rings is 2. The molecule has 2 aromatic carbocycles. The van der Waals surface area contributed by atoms with E-state index in [0.29, 0.717) is 5.58 Å². The Balaban J connectivity index is 1.21. The van der Waals surface area contributed by atoms with Crippen LogP contribution >= 0.6 is 0 Å². The Morgan fingerprint density at radius 2 is 1.81 bits per heavy atom. The van der Waals surface area contributed by atoms with Crippen LogP contribution in [0.3, 0.4) is 0 Å². The number of nitrogens with zero attached hydrogens (tertiary/aromatic N) is 2. The highest BCUT2D eigenvalue weighted by Gasteiger charge is 2.19. The van der Waals surface area contributed by atoms with Crippen LogP contribution in [-0.4, -0.2) is 29.1 Å². The minimum Gasteiger partial charge on any atom is -0.408 e. The van der Waals surface area contributed by atoms with Crippen molar-refractivity contribution in [2.45, 2.75) is 38.0 Å². The Labute approximate surface area is 160 Å². The molecule has 1 aliphatic rings. The highest BCUT2D eigenvalue weighted by Crippen LogP contribution is 2.27. The number of hydrogen-bond acceptors (Lipinski definition) is 3. The van der Waals surface area contributed by atoms with Crippen molar-refractivity contribution >= 4 is 11.1 Å². The smallest absolute Gasteiger partial charge is 0.408 e. The molecule has 1 saturated heterocycles. The largest absolute Gasteiger partial charge is 0.419 e. The number of aromatic nitrogens is 1. The van der Waals surface area contributed by atoms with Gasteiger partial charge in [0, 0.05) is 7.05 Å². The second-order valence-electron chi connectivity index (χ2n) is 7.71. The highest BCUT2D eigenvalue weighted by atomic mass is 16.4. The third kappa shape index (κ3) is 4.16. The topological polar surface area (TPSA) is 38.4 Å². The summed E-state index contributed by atoms with van der Waals surface area (Å²) < 4.78 is 6.84. The van der Waals surface area contributed by atoms with Crippen LogP contribution in [-0.2, 0) is 13.5 Å². The van der Waals surface area contributed by atoms with E-state index in [9.17, 15) is 4.79 Å². The van der Waals surface area contributed by atoms with Gasteiger partial charge in [-0.25, -0.2) is 4.79 Å². The van der Waals surface area contributed by atoms with E-state index in [-0.39, 0.29) is 5.76 Å². The first-order valence-corrected chi connectivity index (χ1v) is 10.1. The van der Waals surface area contributed by atoms with Gasteiger partial charge in [0.15, 0.2) is 5.58 Å². The number of piperidine rings is 1.